The van der Waals surface area contributed by atoms with Gasteiger partial charge in [-0.2, -0.15) is 0 Å². The molecule has 0 atom stereocenters. The Hall–Kier alpha value is -0.900. The Kier molecular flexibility index (Phi) is 13.5. The van der Waals surface area contributed by atoms with Gasteiger partial charge in [0, 0.05) is 38.9 Å². The van der Waals surface area contributed by atoms with Crippen LogP contribution in [0, 0.1) is 0 Å². The summed E-state index contributed by atoms with van der Waals surface area (Å²) in [6, 6.07) is 9.13. The van der Waals surface area contributed by atoms with Crippen LogP contribution in [0.15, 0.2) is 29.3 Å². The van der Waals surface area contributed by atoms with Crippen LogP contribution >= 0.6 is 24.0 Å². The normalized spacial score (nSPS) is 18.9. The van der Waals surface area contributed by atoms with E-state index in [0.717, 1.165) is 38.6 Å². The molecule has 0 bridgehead atoms. The van der Waals surface area contributed by atoms with Gasteiger partial charge < -0.3 is 25.0 Å². The van der Waals surface area contributed by atoms with Gasteiger partial charge >= 0.3 is 0 Å². The number of likely N-dealkylation sites (tertiary alicyclic amines) is 1. The molecule has 2 N–H and O–H groups in total. The molecular weight excluding hydrogens is 515 g/mol. The minimum atomic E-state index is 0. The molecule has 7 heteroatoms. The average molecular weight is 559 g/mol. The van der Waals surface area contributed by atoms with Gasteiger partial charge in [0.25, 0.3) is 0 Å². The number of nitrogens with one attached hydrogen (secondary N) is 2. The van der Waals surface area contributed by atoms with Gasteiger partial charge in [0.05, 0.1) is 19.3 Å². The van der Waals surface area contributed by atoms with Crippen LogP contribution in [0.2, 0.25) is 0 Å². The molecule has 32 heavy (non-hydrogen) atoms. The second-order valence-corrected chi connectivity index (χ2v) is 8.75. The van der Waals surface area contributed by atoms with E-state index in [4.69, 9.17) is 14.5 Å². The molecule has 2 aliphatic rings. The third-order valence-corrected chi connectivity index (χ3v) is 6.17. The maximum atomic E-state index is 6.08. The summed E-state index contributed by atoms with van der Waals surface area (Å²) in [6.45, 7) is 11.9. The lowest BCUT2D eigenvalue weighted by molar-refractivity contribution is -0.0390. The quantitative estimate of drug-likeness (QED) is 0.255. The lowest BCUT2D eigenvalue weighted by Gasteiger charge is -2.33. The summed E-state index contributed by atoms with van der Waals surface area (Å²) in [5.41, 5.74) is 2.44. The Balaban J connectivity index is 0.00000363. The van der Waals surface area contributed by atoms with Crippen molar-refractivity contribution in [1.82, 2.24) is 15.5 Å². The maximum absolute atomic E-state index is 6.08. The first-order valence-electron chi connectivity index (χ1n) is 12.3. The molecule has 0 aromatic heterocycles. The molecule has 1 aromatic carbocycles. The van der Waals surface area contributed by atoms with Crippen molar-refractivity contribution in [2.24, 2.45) is 4.99 Å². The third-order valence-electron chi connectivity index (χ3n) is 6.17. The number of halogens is 1. The predicted octanol–water partition coefficient (Wildman–Crippen LogP) is 4.32. The number of rotatable bonds is 10. The molecule has 3 rings (SSSR count). The lowest BCUT2D eigenvalue weighted by Crippen LogP contribution is -2.48. The van der Waals surface area contributed by atoms with E-state index in [0.29, 0.717) is 25.3 Å². The number of guanidine groups is 1. The largest absolute Gasteiger partial charge is 0.381 e. The zero-order valence-corrected chi connectivity index (χ0v) is 22.3. The number of piperidine rings is 1. The van der Waals surface area contributed by atoms with Gasteiger partial charge in [-0.15, -0.1) is 24.0 Å². The Morgan fingerprint density at radius 2 is 1.88 bits per heavy atom. The molecule has 0 spiro atoms. The number of nitrogens with zero attached hydrogens (tertiary/aromatic N) is 2. The Morgan fingerprint density at radius 3 is 2.59 bits per heavy atom. The lowest BCUT2D eigenvalue weighted by atomic mass is 10.0. The number of aliphatic imine (C=N–C) groups is 1. The van der Waals surface area contributed by atoms with E-state index in [1.807, 2.05) is 0 Å². The van der Waals surface area contributed by atoms with E-state index in [-0.39, 0.29) is 24.0 Å². The van der Waals surface area contributed by atoms with Crippen LogP contribution in [0.4, 0.5) is 0 Å². The summed E-state index contributed by atoms with van der Waals surface area (Å²) in [4.78, 5) is 7.46. The highest BCUT2D eigenvalue weighted by Crippen LogP contribution is 2.15. The van der Waals surface area contributed by atoms with Crippen LogP contribution in [0.5, 0.6) is 0 Å². The Morgan fingerprint density at radius 1 is 1.12 bits per heavy atom. The van der Waals surface area contributed by atoms with Gasteiger partial charge in [0.15, 0.2) is 5.96 Å². The Bertz CT molecular complexity index is 659. The van der Waals surface area contributed by atoms with E-state index < -0.39 is 0 Å². The van der Waals surface area contributed by atoms with Gasteiger partial charge in [0.1, 0.15) is 0 Å². The summed E-state index contributed by atoms with van der Waals surface area (Å²) in [5.74, 6) is 0.929. The summed E-state index contributed by atoms with van der Waals surface area (Å²) in [7, 11) is 0. The number of ether oxygens (including phenoxy) is 2. The highest BCUT2D eigenvalue weighted by molar-refractivity contribution is 14.0. The molecule has 2 aliphatic heterocycles. The van der Waals surface area contributed by atoms with Gasteiger partial charge in [-0.25, -0.2) is 4.99 Å². The minimum Gasteiger partial charge on any atom is -0.381 e. The van der Waals surface area contributed by atoms with E-state index in [9.17, 15) is 0 Å². The fourth-order valence-electron chi connectivity index (χ4n) is 4.24. The zero-order chi connectivity index (χ0) is 21.7. The van der Waals surface area contributed by atoms with E-state index in [2.05, 4.69) is 53.6 Å². The number of hydrogen-bond acceptors (Lipinski definition) is 4. The van der Waals surface area contributed by atoms with Crippen molar-refractivity contribution in [3.05, 3.63) is 35.4 Å². The first kappa shape index (κ1) is 27.3. The molecule has 2 fully saturated rings. The van der Waals surface area contributed by atoms with Gasteiger partial charge in [0.2, 0.25) is 0 Å². The van der Waals surface area contributed by atoms with Crippen LogP contribution in [-0.2, 0) is 22.6 Å². The van der Waals surface area contributed by atoms with Crippen molar-refractivity contribution in [3.63, 3.8) is 0 Å². The summed E-state index contributed by atoms with van der Waals surface area (Å²) in [6.07, 6.45) is 7.28. The van der Waals surface area contributed by atoms with Gasteiger partial charge in [-0.1, -0.05) is 37.6 Å². The van der Waals surface area contributed by atoms with Crippen molar-refractivity contribution < 1.29 is 9.47 Å². The summed E-state index contributed by atoms with van der Waals surface area (Å²) >= 11 is 0. The van der Waals surface area contributed by atoms with Gasteiger partial charge in [-0.05, 0) is 56.7 Å². The van der Waals surface area contributed by atoms with Crippen molar-refractivity contribution in [3.8, 4) is 0 Å². The van der Waals surface area contributed by atoms with Crippen LogP contribution in [0.25, 0.3) is 0 Å². The van der Waals surface area contributed by atoms with Crippen LogP contribution in [0.3, 0.4) is 0 Å². The van der Waals surface area contributed by atoms with Gasteiger partial charge in [-0.3, -0.25) is 0 Å². The average Bonchev–Trinajstić information content (AvgIpc) is 2.82. The van der Waals surface area contributed by atoms with Crippen molar-refractivity contribution in [2.75, 3.05) is 39.4 Å². The zero-order valence-electron chi connectivity index (χ0n) is 20.0. The molecule has 0 saturated carbocycles. The smallest absolute Gasteiger partial charge is 0.191 e. The van der Waals surface area contributed by atoms with Crippen molar-refractivity contribution >= 4 is 29.9 Å². The SMILES string of the molecule is CCCCN1CCC(NC(=NCc2cccc(COC3CCOCC3)c2)NCC)CC1.I. The molecule has 182 valence electrons. The first-order valence-corrected chi connectivity index (χ1v) is 12.3. The van der Waals surface area contributed by atoms with Crippen LogP contribution in [0.1, 0.15) is 63.5 Å². The first-order chi connectivity index (χ1) is 15.3. The molecule has 2 heterocycles. The summed E-state index contributed by atoms with van der Waals surface area (Å²) in [5, 5.41) is 7.08. The highest BCUT2D eigenvalue weighted by atomic mass is 127. The second-order valence-electron chi connectivity index (χ2n) is 8.75. The van der Waals surface area contributed by atoms with Crippen LogP contribution < -0.4 is 10.6 Å². The molecule has 0 amide bonds. The van der Waals surface area contributed by atoms with E-state index in [1.54, 1.807) is 0 Å². The topological polar surface area (TPSA) is 58.1 Å². The van der Waals surface area contributed by atoms with Crippen molar-refractivity contribution in [1.29, 1.82) is 0 Å². The maximum Gasteiger partial charge on any atom is 0.191 e. The van der Waals surface area contributed by atoms with E-state index in [1.165, 1.54) is 56.4 Å². The fraction of sp³-hybridized carbons (Fsp3) is 0.720. The monoisotopic (exact) mass is 558 g/mol. The molecule has 6 nitrogen and oxygen atoms in total. The van der Waals surface area contributed by atoms with Crippen molar-refractivity contribution in [2.45, 2.75) is 77.7 Å². The molecular formula is C25H43IN4O2. The Labute approximate surface area is 211 Å². The second kappa shape index (κ2) is 15.9. The minimum absolute atomic E-state index is 0. The van der Waals surface area contributed by atoms with Crippen LogP contribution in [-0.4, -0.2) is 62.4 Å². The molecule has 0 radical (unpaired) electrons. The fourth-order valence-corrected chi connectivity index (χ4v) is 4.24. The molecule has 2 saturated heterocycles. The van der Waals surface area contributed by atoms with E-state index >= 15 is 0 Å². The third kappa shape index (κ3) is 9.93. The standard InChI is InChI=1S/C25H42N4O2.HI/c1-3-5-13-29-14-9-23(10-15-29)28-25(26-4-2)27-19-21-7-6-8-22(18-21)20-31-24-11-16-30-17-12-24;/h6-8,18,23-24H,3-5,9-17,19-20H2,1-2H3,(H2,26,27,28);1H. The number of unbranched alkanes of at least 4 members (excludes halogenated alkanes) is 1. The number of hydrogen-bond donors (Lipinski definition) is 2. The predicted molar refractivity (Wildman–Crippen MR) is 143 cm³/mol. The molecule has 0 unspecified atom stereocenters. The summed E-state index contributed by atoms with van der Waals surface area (Å²) < 4.78 is 11.5. The molecule has 1 aromatic rings. The number of benzene rings is 1. The molecule has 0 aliphatic carbocycles. The highest BCUT2D eigenvalue weighted by Gasteiger charge is 2.19.